The number of nitrogens with zero attached hydrogens (tertiary/aromatic N) is 1. The summed E-state index contributed by atoms with van der Waals surface area (Å²) in [4.78, 5) is 26.6. The normalized spacial score (nSPS) is 13.8. The second kappa shape index (κ2) is 7.25. The quantitative estimate of drug-likeness (QED) is 0.903. The fourth-order valence-electron chi connectivity index (χ4n) is 2.82. The van der Waals surface area contributed by atoms with Crippen molar-refractivity contribution in [3.05, 3.63) is 59.7 Å². The highest BCUT2D eigenvalue weighted by molar-refractivity contribution is 5.99. The number of amides is 2. The van der Waals surface area contributed by atoms with Gasteiger partial charge < -0.3 is 19.7 Å². The van der Waals surface area contributed by atoms with E-state index in [2.05, 4.69) is 5.32 Å². The molecule has 25 heavy (non-hydrogen) atoms. The Morgan fingerprint density at radius 3 is 2.04 bits per heavy atom. The highest BCUT2D eigenvalue weighted by atomic mass is 16.5. The number of hydrogen-bond acceptors (Lipinski definition) is 4. The molecule has 1 saturated heterocycles. The minimum absolute atomic E-state index is 0.0731. The van der Waals surface area contributed by atoms with Gasteiger partial charge >= 0.3 is 0 Å². The average molecular weight is 340 g/mol. The van der Waals surface area contributed by atoms with Crippen molar-refractivity contribution in [2.24, 2.45) is 0 Å². The zero-order valence-corrected chi connectivity index (χ0v) is 14.2. The molecule has 0 radical (unpaired) electrons. The van der Waals surface area contributed by atoms with E-state index in [-0.39, 0.29) is 17.9 Å². The minimum Gasteiger partial charge on any atom is -0.496 e. The molecule has 1 heterocycles. The molecule has 1 N–H and O–H groups in total. The van der Waals surface area contributed by atoms with Crippen molar-refractivity contribution < 1.29 is 19.1 Å². The van der Waals surface area contributed by atoms with Gasteiger partial charge in [-0.05, 0) is 24.3 Å². The first-order chi connectivity index (χ1) is 12.1. The molecule has 1 aliphatic heterocycles. The first-order valence-electron chi connectivity index (χ1n) is 8.00. The molecule has 2 amide bonds. The monoisotopic (exact) mass is 340 g/mol. The van der Waals surface area contributed by atoms with Gasteiger partial charge in [-0.25, -0.2) is 0 Å². The lowest BCUT2D eigenvalue weighted by atomic mass is 10.0. The van der Waals surface area contributed by atoms with Crippen molar-refractivity contribution in [1.29, 1.82) is 0 Å². The summed E-state index contributed by atoms with van der Waals surface area (Å²) < 4.78 is 10.4. The topological polar surface area (TPSA) is 67.9 Å². The Morgan fingerprint density at radius 2 is 1.44 bits per heavy atom. The van der Waals surface area contributed by atoms with Crippen LogP contribution in [0.5, 0.6) is 11.5 Å². The van der Waals surface area contributed by atoms with Gasteiger partial charge in [0, 0.05) is 13.1 Å². The number of likely N-dealkylation sites (tertiary alicyclic amines) is 1. The number of nitrogens with one attached hydrogen (secondary N) is 1. The molecule has 0 saturated carbocycles. The van der Waals surface area contributed by atoms with Crippen LogP contribution in [0.2, 0.25) is 0 Å². The third kappa shape index (κ3) is 3.42. The molecule has 3 rings (SSSR count). The van der Waals surface area contributed by atoms with Gasteiger partial charge in [0.15, 0.2) is 0 Å². The Hall–Kier alpha value is -3.02. The molecule has 2 aromatic carbocycles. The molecule has 0 atom stereocenters. The SMILES string of the molecule is COc1ccccc1C(=O)NC1CN(C(=O)c2ccccc2OC)C1. The Labute approximate surface area is 146 Å². The number of ether oxygens (including phenoxy) is 2. The zero-order valence-electron chi connectivity index (χ0n) is 14.2. The highest BCUT2D eigenvalue weighted by Gasteiger charge is 2.33. The molecule has 1 fully saturated rings. The lowest BCUT2D eigenvalue weighted by Crippen LogP contribution is -2.61. The van der Waals surface area contributed by atoms with E-state index in [1.54, 1.807) is 48.4 Å². The number of rotatable bonds is 5. The standard InChI is InChI=1S/C19H20N2O4/c1-24-16-9-5-3-7-14(16)18(22)20-13-11-21(12-13)19(23)15-8-4-6-10-17(15)25-2/h3-10,13H,11-12H2,1-2H3,(H,20,22). The zero-order chi connectivity index (χ0) is 17.8. The van der Waals surface area contributed by atoms with E-state index in [0.717, 1.165) is 0 Å². The van der Waals surface area contributed by atoms with Crippen LogP contribution in [0.15, 0.2) is 48.5 Å². The summed E-state index contributed by atoms with van der Waals surface area (Å²) >= 11 is 0. The number of para-hydroxylation sites is 2. The summed E-state index contributed by atoms with van der Waals surface area (Å²) in [7, 11) is 3.07. The van der Waals surface area contributed by atoms with Crippen molar-refractivity contribution in [2.45, 2.75) is 6.04 Å². The van der Waals surface area contributed by atoms with Crippen LogP contribution in [-0.4, -0.2) is 50.1 Å². The van der Waals surface area contributed by atoms with Crippen LogP contribution < -0.4 is 14.8 Å². The highest BCUT2D eigenvalue weighted by Crippen LogP contribution is 2.23. The molecule has 0 aromatic heterocycles. The van der Waals surface area contributed by atoms with Gasteiger partial charge in [0.1, 0.15) is 11.5 Å². The number of benzene rings is 2. The lowest BCUT2D eigenvalue weighted by Gasteiger charge is -2.39. The fourth-order valence-corrected chi connectivity index (χ4v) is 2.82. The third-order valence-corrected chi connectivity index (χ3v) is 4.19. The summed E-state index contributed by atoms with van der Waals surface area (Å²) in [5.74, 6) is 0.780. The summed E-state index contributed by atoms with van der Waals surface area (Å²) in [5, 5.41) is 2.93. The Bertz CT molecular complexity index is 784. The Balaban J connectivity index is 1.59. The smallest absolute Gasteiger partial charge is 0.257 e. The van der Waals surface area contributed by atoms with Crippen molar-refractivity contribution in [2.75, 3.05) is 27.3 Å². The number of carbonyl (C=O) groups is 2. The van der Waals surface area contributed by atoms with E-state index in [4.69, 9.17) is 9.47 Å². The van der Waals surface area contributed by atoms with E-state index >= 15 is 0 Å². The van der Waals surface area contributed by atoms with E-state index < -0.39 is 0 Å². The van der Waals surface area contributed by atoms with Crippen molar-refractivity contribution in [3.8, 4) is 11.5 Å². The number of hydrogen-bond donors (Lipinski definition) is 1. The van der Waals surface area contributed by atoms with Gasteiger partial charge in [0.05, 0.1) is 31.4 Å². The fraction of sp³-hybridized carbons (Fsp3) is 0.263. The first-order valence-corrected chi connectivity index (χ1v) is 8.00. The molecule has 6 heteroatoms. The average Bonchev–Trinajstić information content (AvgIpc) is 2.63. The van der Waals surface area contributed by atoms with E-state index in [9.17, 15) is 9.59 Å². The second-order valence-electron chi connectivity index (χ2n) is 5.78. The molecule has 1 aliphatic rings. The molecular formula is C19H20N2O4. The molecule has 6 nitrogen and oxygen atoms in total. The van der Waals surface area contributed by atoms with Crippen LogP contribution in [0, 0.1) is 0 Å². The van der Waals surface area contributed by atoms with Crippen LogP contribution in [0.4, 0.5) is 0 Å². The maximum atomic E-state index is 12.5. The van der Waals surface area contributed by atoms with Crippen molar-refractivity contribution in [3.63, 3.8) is 0 Å². The maximum absolute atomic E-state index is 12.5. The lowest BCUT2D eigenvalue weighted by molar-refractivity contribution is 0.0539. The summed E-state index contributed by atoms with van der Waals surface area (Å²) in [6.07, 6.45) is 0. The Kier molecular flexibility index (Phi) is 4.88. The predicted molar refractivity (Wildman–Crippen MR) is 93.1 cm³/mol. The molecular weight excluding hydrogens is 320 g/mol. The van der Waals surface area contributed by atoms with Gasteiger partial charge in [-0.15, -0.1) is 0 Å². The Morgan fingerprint density at radius 1 is 0.920 bits per heavy atom. The van der Waals surface area contributed by atoms with Gasteiger partial charge in [0.25, 0.3) is 11.8 Å². The molecule has 0 unspecified atom stereocenters. The molecule has 130 valence electrons. The minimum atomic E-state index is -0.202. The van der Waals surface area contributed by atoms with Gasteiger partial charge in [-0.2, -0.15) is 0 Å². The largest absolute Gasteiger partial charge is 0.496 e. The van der Waals surface area contributed by atoms with Gasteiger partial charge in [-0.1, -0.05) is 24.3 Å². The van der Waals surface area contributed by atoms with Crippen LogP contribution in [0.3, 0.4) is 0 Å². The maximum Gasteiger partial charge on any atom is 0.257 e. The molecule has 0 aliphatic carbocycles. The van der Waals surface area contributed by atoms with Crippen LogP contribution in [0.1, 0.15) is 20.7 Å². The van der Waals surface area contributed by atoms with E-state index in [1.807, 2.05) is 12.1 Å². The van der Waals surface area contributed by atoms with Crippen molar-refractivity contribution in [1.82, 2.24) is 10.2 Å². The molecule has 0 spiro atoms. The van der Waals surface area contributed by atoms with Crippen LogP contribution in [-0.2, 0) is 0 Å². The molecule has 2 aromatic rings. The second-order valence-corrected chi connectivity index (χ2v) is 5.78. The number of methoxy groups -OCH3 is 2. The van der Waals surface area contributed by atoms with Crippen LogP contribution >= 0.6 is 0 Å². The van der Waals surface area contributed by atoms with Crippen molar-refractivity contribution >= 4 is 11.8 Å². The summed E-state index contributed by atoms with van der Waals surface area (Å²) in [5.41, 5.74) is 1.01. The van der Waals surface area contributed by atoms with Crippen LogP contribution in [0.25, 0.3) is 0 Å². The van der Waals surface area contributed by atoms with E-state index in [1.165, 1.54) is 7.11 Å². The van der Waals surface area contributed by atoms with Gasteiger partial charge in [0.2, 0.25) is 0 Å². The molecule has 0 bridgehead atoms. The third-order valence-electron chi connectivity index (χ3n) is 4.19. The first kappa shape index (κ1) is 16.8. The predicted octanol–water partition coefficient (Wildman–Crippen LogP) is 1.96. The van der Waals surface area contributed by atoms with E-state index in [0.29, 0.717) is 35.7 Å². The number of carbonyl (C=O) groups excluding carboxylic acids is 2. The summed E-state index contributed by atoms with van der Waals surface area (Å²) in [6, 6.07) is 14.1. The summed E-state index contributed by atoms with van der Waals surface area (Å²) in [6.45, 7) is 0.940. The van der Waals surface area contributed by atoms with Gasteiger partial charge in [-0.3, -0.25) is 9.59 Å².